The SMILES string of the molecule is FC(F)(F)Cn1cc(CNCCN2CCOCC2)cn1. The number of nitrogens with zero attached hydrogens (tertiary/aromatic N) is 3. The lowest BCUT2D eigenvalue weighted by molar-refractivity contribution is -0.142. The second kappa shape index (κ2) is 7.05. The fourth-order valence-electron chi connectivity index (χ4n) is 2.06. The number of hydrogen-bond acceptors (Lipinski definition) is 4. The number of nitrogens with one attached hydrogen (secondary N) is 1. The summed E-state index contributed by atoms with van der Waals surface area (Å²) in [5.74, 6) is 0. The maximum atomic E-state index is 12.2. The van der Waals surface area contributed by atoms with Crippen molar-refractivity contribution in [1.82, 2.24) is 20.0 Å². The van der Waals surface area contributed by atoms with E-state index in [0.717, 1.165) is 49.6 Å². The summed E-state index contributed by atoms with van der Waals surface area (Å²) < 4.78 is 42.7. The number of morpholine rings is 1. The van der Waals surface area contributed by atoms with E-state index in [-0.39, 0.29) is 0 Å². The summed E-state index contributed by atoms with van der Waals surface area (Å²) in [6.45, 7) is 4.61. The monoisotopic (exact) mass is 292 g/mol. The van der Waals surface area contributed by atoms with Crippen molar-refractivity contribution in [3.05, 3.63) is 18.0 Å². The molecule has 0 spiro atoms. The molecule has 1 fully saturated rings. The largest absolute Gasteiger partial charge is 0.408 e. The van der Waals surface area contributed by atoms with Crippen LogP contribution in [0.3, 0.4) is 0 Å². The first-order chi connectivity index (χ1) is 9.53. The molecule has 20 heavy (non-hydrogen) atoms. The highest BCUT2D eigenvalue weighted by molar-refractivity contribution is 5.03. The minimum Gasteiger partial charge on any atom is -0.379 e. The van der Waals surface area contributed by atoms with Gasteiger partial charge in [0.15, 0.2) is 0 Å². The maximum absolute atomic E-state index is 12.2. The predicted molar refractivity (Wildman–Crippen MR) is 67.2 cm³/mol. The molecule has 2 rings (SSSR count). The van der Waals surface area contributed by atoms with Gasteiger partial charge in [-0.25, -0.2) is 0 Å². The first-order valence-corrected chi connectivity index (χ1v) is 6.62. The molecule has 1 N–H and O–H groups in total. The van der Waals surface area contributed by atoms with Gasteiger partial charge in [-0.3, -0.25) is 9.58 Å². The van der Waals surface area contributed by atoms with Crippen LogP contribution in [0.2, 0.25) is 0 Å². The highest BCUT2D eigenvalue weighted by atomic mass is 19.4. The smallest absolute Gasteiger partial charge is 0.379 e. The van der Waals surface area contributed by atoms with Crippen LogP contribution < -0.4 is 5.32 Å². The Morgan fingerprint density at radius 1 is 1.30 bits per heavy atom. The molecule has 2 heterocycles. The number of alkyl halides is 3. The van der Waals surface area contributed by atoms with E-state index >= 15 is 0 Å². The quantitative estimate of drug-likeness (QED) is 0.790. The van der Waals surface area contributed by atoms with Gasteiger partial charge in [0, 0.05) is 44.5 Å². The standard InChI is InChI=1S/C12H19F3N4O/c13-12(14,15)10-19-9-11(8-17-19)7-16-1-2-18-3-5-20-6-4-18/h8-9,16H,1-7,10H2. The van der Waals surface area contributed by atoms with E-state index in [2.05, 4.69) is 15.3 Å². The van der Waals surface area contributed by atoms with Gasteiger partial charge in [0.25, 0.3) is 0 Å². The van der Waals surface area contributed by atoms with Crippen molar-refractivity contribution in [3.63, 3.8) is 0 Å². The molecule has 0 aliphatic carbocycles. The van der Waals surface area contributed by atoms with Crippen molar-refractivity contribution in [1.29, 1.82) is 0 Å². The van der Waals surface area contributed by atoms with Gasteiger partial charge in [0.2, 0.25) is 0 Å². The lowest BCUT2D eigenvalue weighted by Gasteiger charge is -2.26. The van der Waals surface area contributed by atoms with Crippen LogP contribution in [0.1, 0.15) is 5.56 Å². The zero-order valence-electron chi connectivity index (χ0n) is 11.2. The Morgan fingerprint density at radius 3 is 2.75 bits per heavy atom. The van der Waals surface area contributed by atoms with Gasteiger partial charge in [-0.15, -0.1) is 0 Å². The van der Waals surface area contributed by atoms with Gasteiger partial charge in [-0.05, 0) is 0 Å². The summed E-state index contributed by atoms with van der Waals surface area (Å²) in [4.78, 5) is 2.30. The molecule has 114 valence electrons. The van der Waals surface area contributed by atoms with Crippen LogP contribution in [0.4, 0.5) is 13.2 Å². The predicted octanol–water partition coefficient (Wildman–Crippen LogP) is 0.867. The first kappa shape index (κ1) is 15.3. The van der Waals surface area contributed by atoms with E-state index in [1.807, 2.05) is 0 Å². The number of halogens is 3. The van der Waals surface area contributed by atoms with Crippen molar-refractivity contribution in [2.45, 2.75) is 19.3 Å². The minimum atomic E-state index is -4.23. The Kier molecular flexibility index (Phi) is 5.38. The van der Waals surface area contributed by atoms with Crippen LogP contribution in [-0.2, 0) is 17.8 Å². The van der Waals surface area contributed by atoms with E-state index < -0.39 is 12.7 Å². The van der Waals surface area contributed by atoms with Crippen LogP contribution in [0.5, 0.6) is 0 Å². The molecule has 1 aromatic rings. The lowest BCUT2D eigenvalue weighted by Crippen LogP contribution is -2.40. The first-order valence-electron chi connectivity index (χ1n) is 6.62. The van der Waals surface area contributed by atoms with Gasteiger partial charge < -0.3 is 10.1 Å². The topological polar surface area (TPSA) is 42.3 Å². The Bertz CT molecular complexity index is 402. The highest BCUT2D eigenvalue weighted by Crippen LogP contribution is 2.16. The average Bonchev–Trinajstić information content (AvgIpc) is 2.81. The summed E-state index contributed by atoms with van der Waals surface area (Å²) in [6, 6.07) is 0. The van der Waals surface area contributed by atoms with Gasteiger partial charge in [-0.1, -0.05) is 0 Å². The normalized spacial score (nSPS) is 17.6. The number of rotatable bonds is 6. The molecule has 0 amide bonds. The van der Waals surface area contributed by atoms with Crippen LogP contribution in [0.15, 0.2) is 12.4 Å². The third kappa shape index (κ3) is 5.48. The summed E-state index contributed by atoms with van der Waals surface area (Å²) in [7, 11) is 0. The summed E-state index contributed by atoms with van der Waals surface area (Å²) in [5, 5.41) is 6.91. The molecule has 0 aromatic carbocycles. The summed E-state index contributed by atoms with van der Waals surface area (Å²) in [6.07, 6.45) is -1.34. The van der Waals surface area contributed by atoms with Crippen LogP contribution in [0, 0.1) is 0 Å². The van der Waals surface area contributed by atoms with Crippen molar-refractivity contribution >= 4 is 0 Å². The van der Waals surface area contributed by atoms with Crippen LogP contribution in [-0.4, -0.2) is 60.2 Å². The molecule has 0 unspecified atom stereocenters. The number of aromatic nitrogens is 2. The Hall–Kier alpha value is -1.12. The zero-order chi connectivity index (χ0) is 14.4. The van der Waals surface area contributed by atoms with Gasteiger partial charge >= 0.3 is 6.18 Å². The zero-order valence-corrected chi connectivity index (χ0v) is 11.2. The molecule has 8 heteroatoms. The third-order valence-corrected chi connectivity index (χ3v) is 3.07. The average molecular weight is 292 g/mol. The van der Waals surface area contributed by atoms with Crippen molar-refractivity contribution in [3.8, 4) is 0 Å². The molecule has 0 atom stereocenters. The highest BCUT2D eigenvalue weighted by Gasteiger charge is 2.28. The fourth-order valence-corrected chi connectivity index (χ4v) is 2.06. The Balaban J connectivity index is 1.64. The molecule has 1 aliphatic heterocycles. The second-order valence-corrected chi connectivity index (χ2v) is 4.79. The molecule has 5 nitrogen and oxygen atoms in total. The molecule has 1 saturated heterocycles. The van der Waals surface area contributed by atoms with E-state index in [9.17, 15) is 13.2 Å². The number of ether oxygens (including phenoxy) is 1. The van der Waals surface area contributed by atoms with E-state index in [0.29, 0.717) is 6.54 Å². The Labute approximate surface area is 115 Å². The van der Waals surface area contributed by atoms with Crippen molar-refractivity contribution in [2.75, 3.05) is 39.4 Å². The van der Waals surface area contributed by atoms with E-state index in [1.165, 1.54) is 12.4 Å². The van der Waals surface area contributed by atoms with Crippen molar-refractivity contribution < 1.29 is 17.9 Å². The van der Waals surface area contributed by atoms with Gasteiger partial charge in [0.1, 0.15) is 6.54 Å². The Morgan fingerprint density at radius 2 is 2.05 bits per heavy atom. The van der Waals surface area contributed by atoms with Gasteiger partial charge in [-0.2, -0.15) is 18.3 Å². The number of hydrogen-bond donors (Lipinski definition) is 1. The van der Waals surface area contributed by atoms with Crippen LogP contribution in [0.25, 0.3) is 0 Å². The molecule has 1 aromatic heterocycles. The molecule has 0 radical (unpaired) electrons. The third-order valence-electron chi connectivity index (χ3n) is 3.07. The van der Waals surface area contributed by atoms with Gasteiger partial charge in [0.05, 0.1) is 19.4 Å². The lowest BCUT2D eigenvalue weighted by atomic mass is 10.3. The van der Waals surface area contributed by atoms with E-state index in [4.69, 9.17) is 4.74 Å². The molecular formula is C12H19F3N4O. The van der Waals surface area contributed by atoms with Crippen LogP contribution >= 0.6 is 0 Å². The fraction of sp³-hybridized carbons (Fsp3) is 0.750. The summed E-state index contributed by atoms with van der Waals surface area (Å²) >= 11 is 0. The maximum Gasteiger partial charge on any atom is 0.408 e. The molecule has 0 saturated carbocycles. The summed E-state index contributed by atoms with van der Waals surface area (Å²) in [5.41, 5.74) is 0.760. The molecular weight excluding hydrogens is 273 g/mol. The molecule has 0 bridgehead atoms. The molecule has 1 aliphatic rings. The minimum absolute atomic E-state index is 0.530. The van der Waals surface area contributed by atoms with Crippen molar-refractivity contribution in [2.24, 2.45) is 0 Å². The second-order valence-electron chi connectivity index (χ2n) is 4.79. The van der Waals surface area contributed by atoms with E-state index in [1.54, 1.807) is 0 Å².